The van der Waals surface area contributed by atoms with Gasteiger partial charge in [-0.1, -0.05) is 74.5 Å². The number of carboxylic acid groups (broad SMARTS) is 1. The van der Waals surface area contributed by atoms with Crippen molar-refractivity contribution in [1.29, 1.82) is 0 Å². The normalized spacial score (nSPS) is 13.9. The van der Waals surface area contributed by atoms with Crippen LogP contribution in [0.2, 0.25) is 0 Å². The second-order valence-electron chi connectivity index (χ2n) is 5.26. The van der Waals surface area contributed by atoms with E-state index in [4.69, 9.17) is 0 Å². The Kier molecular flexibility index (Phi) is 4.57. The molecule has 0 aliphatic carbocycles. The number of hydrogen-bond acceptors (Lipinski definition) is 1. The van der Waals surface area contributed by atoms with Crippen LogP contribution in [0.15, 0.2) is 60.7 Å². The van der Waals surface area contributed by atoms with Gasteiger partial charge >= 0.3 is 5.97 Å². The summed E-state index contributed by atoms with van der Waals surface area (Å²) < 4.78 is 0. The smallest absolute Gasteiger partial charge is 0.307 e. The molecule has 0 aliphatic rings. The summed E-state index contributed by atoms with van der Waals surface area (Å²) in [7, 11) is 0. The fraction of sp³-hybridized carbons (Fsp3) is 0.278. The van der Waals surface area contributed by atoms with E-state index in [1.807, 2.05) is 74.5 Å². The molecule has 0 aliphatic heterocycles. The van der Waals surface area contributed by atoms with Crippen LogP contribution in [0.1, 0.15) is 36.8 Å². The quantitative estimate of drug-likeness (QED) is 0.878. The van der Waals surface area contributed by atoms with Crippen LogP contribution in [0.5, 0.6) is 0 Å². The lowest BCUT2D eigenvalue weighted by Crippen LogP contribution is -2.25. The summed E-state index contributed by atoms with van der Waals surface area (Å²) in [4.78, 5) is 11.7. The third kappa shape index (κ3) is 3.08. The van der Waals surface area contributed by atoms with Gasteiger partial charge in [0.15, 0.2) is 0 Å². The maximum absolute atomic E-state index is 11.7. The van der Waals surface area contributed by atoms with Crippen molar-refractivity contribution in [2.24, 2.45) is 5.92 Å². The largest absolute Gasteiger partial charge is 0.481 e. The molecule has 1 N–H and O–H groups in total. The summed E-state index contributed by atoms with van der Waals surface area (Å²) in [6.45, 7) is 3.99. The number of aliphatic carboxylic acids is 1. The minimum absolute atomic E-state index is 0.0242. The van der Waals surface area contributed by atoms with E-state index in [2.05, 4.69) is 0 Å². The molecule has 2 aromatic carbocycles. The molecule has 0 saturated carbocycles. The average molecular weight is 268 g/mol. The number of rotatable bonds is 5. The summed E-state index contributed by atoms with van der Waals surface area (Å²) in [5.41, 5.74) is 2.14. The van der Waals surface area contributed by atoms with Crippen LogP contribution < -0.4 is 0 Å². The van der Waals surface area contributed by atoms with Crippen LogP contribution in [0.3, 0.4) is 0 Å². The Morgan fingerprint density at radius 2 is 1.15 bits per heavy atom. The van der Waals surface area contributed by atoms with E-state index in [1.165, 1.54) is 0 Å². The molecule has 20 heavy (non-hydrogen) atoms. The van der Waals surface area contributed by atoms with Crippen molar-refractivity contribution in [2.45, 2.75) is 25.7 Å². The van der Waals surface area contributed by atoms with E-state index in [9.17, 15) is 9.90 Å². The minimum atomic E-state index is -0.738. The first-order valence-electron chi connectivity index (χ1n) is 6.94. The first-order chi connectivity index (χ1) is 9.61. The van der Waals surface area contributed by atoms with Crippen LogP contribution in [-0.4, -0.2) is 11.1 Å². The van der Waals surface area contributed by atoms with Gasteiger partial charge in [0.2, 0.25) is 0 Å². The third-order valence-corrected chi connectivity index (χ3v) is 4.01. The average Bonchev–Trinajstić information content (AvgIpc) is 2.48. The summed E-state index contributed by atoms with van der Waals surface area (Å²) in [5.74, 6) is -1.22. The lowest BCUT2D eigenvalue weighted by molar-refractivity contribution is -0.143. The van der Waals surface area contributed by atoms with Gasteiger partial charge in [-0.15, -0.1) is 0 Å². The maximum atomic E-state index is 11.7. The topological polar surface area (TPSA) is 37.3 Å². The Hall–Kier alpha value is -2.09. The van der Waals surface area contributed by atoms with E-state index in [0.717, 1.165) is 11.1 Å². The fourth-order valence-electron chi connectivity index (χ4n) is 2.79. The number of benzene rings is 2. The first-order valence-corrected chi connectivity index (χ1v) is 6.94. The molecule has 104 valence electrons. The fourth-order valence-corrected chi connectivity index (χ4v) is 2.79. The molecule has 2 rings (SSSR count). The standard InChI is InChI=1S/C18H20O2/c1-13(15-9-5-3-6-10-15)17(18(19)20)14(2)16-11-7-4-8-12-16/h3-14,17H,1-2H3,(H,19,20)/t13-,14-/m1/s1. The van der Waals surface area contributed by atoms with Crippen LogP contribution in [0.25, 0.3) is 0 Å². The molecule has 0 bridgehead atoms. The van der Waals surface area contributed by atoms with Crippen LogP contribution in [-0.2, 0) is 4.79 Å². The van der Waals surface area contributed by atoms with Crippen LogP contribution in [0, 0.1) is 5.92 Å². The van der Waals surface area contributed by atoms with E-state index < -0.39 is 11.9 Å². The molecule has 2 heteroatoms. The molecule has 2 aromatic rings. The van der Waals surface area contributed by atoms with Gasteiger partial charge in [-0.2, -0.15) is 0 Å². The molecule has 0 amide bonds. The zero-order valence-corrected chi connectivity index (χ0v) is 11.9. The molecular formula is C18H20O2. The molecule has 0 unspecified atom stereocenters. The van der Waals surface area contributed by atoms with E-state index in [1.54, 1.807) is 0 Å². The van der Waals surface area contributed by atoms with Crippen molar-refractivity contribution < 1.29 is 9.90 Å². The highest BCUT2D eigenvalue weighted by molar-refractivity contribution is 5.72. The predicted octanol–water partition coefficient (Wildman–Crippen LogP) is 4.29. The maximum Gasteiger partial charge on any atom is 0.307 e. The molecule has 2 nitrogen and oxygen atoms in total. The molecule has 2 atom stereocenters. The summed E-state index contributed by atoms with van der Waals surface area (Å²) in [5, 5.41) is 9.64. The second kappa shape index (κ2) is 6.38. The van der Waals surface area contributed by atoms with Gasteiger partial charge in [0.1, 0.15) is 0 Å². The van der Waals surface area contributed by atoms with Crippen molar-refractivity contribution in [3.05, 3.63) is 71.8 Å². The molecule has 0 saturated heterocycles. The van der Waals surface area contributed by atoms with Crippen molar-refractivity contribution in [2.75, 3.05) is 0 Å². The monoisotopic (exact) mass is 268 g/mol. The van der Waals surface area contributed by atoms with Gasteiger partial charge in [-0.25, -0.2) is 0 Å². The molecule has 0 aromatic heterocycles. The molecule has 0 heterocycles. The van der Waals surface area contributed by atoms with Gasteiger partial charge in [-0.3, -0.25) is 4.79 Å². The minimum Gasteiger partial charge on any atom is -0.481 e. The Labute approximate surface area is 120 Å². The Morgan fingerprint density at radius 3 is 1.45 bits per heavy atom. The Bertz CT molecular complexity index is 503. The highest BCUT2D eigenvalue weighted by atomic mass is 16.4. The van der Waals surface area contributed by atoms with Crippen molar-refractivity contribution in [1.82, 2.24) is 0 Å². The van der Waals surface area contributed by atoms with E-state index in [0.29, 0.717) is 0 Å². The molecule has 0 radical (unpaired) electrons. The Morgan fingerprint density at radius 1 is 0.800 bits per heavy atom. The number of carboxylic acids is 1. The zero-order chi connectivity index (χ0) is 14.5. The third-order valence-electron chi connectivity index (χ3n) is 4.01. The zero-order valence-electron chi connectivity index (χ0n) is 11.9. The molecule has 0 spiro atoms. The van der Waals surface area contributed by atoms with Gasteiger partial charge in [-0.05, 0) is 23.0 Å². The first kappa shape index (κ1) is 14.3. The van der Waals surface area contributed by atoms with Gasteiger partial charge < -0.3 is 5.11 Å². The van der Waals surface area contributed by atoms with Crippen LogP contribution in [0.4, 0.5) is 0 Å². The van der Waals surface area contributed by atoms with E-state index >= 15 is 0 Å². The lowest BCUT2D eigenvalue weighted by Gasteiger charge is -2.26. The van der Waals surface area contributed by atoms with Gasteiger partial charge in [0.05, 0.1) is 5.92 Å². The van der Waals surface area contributed by atoms with E-state index in [-0.39, 0.29) is 11.8 Å². The lowest BCUT2D eigenvalue weighted by atomic mass is 9.77. The van der Waals surface area contributed by atoms with Crippen molar-refractivity contribution in [3.8, 4) is 0 Å². The van der Waals surface area contributed by atoms with Crippen molar-refractivity contribution in [3.63, 3.8) is 0 Å². The second-order valence-corrected chi connectivity index (χ2v) is 5.26. The van der Waals surface area contributed by atoms with Gasteiger partial charge in [0, 0.05) is 0 Å². The predicted molar refractivity (Wildman–Crippen MR) is 80.8 cm³/mol. The van der Waals surface area contributed by atoms with Crippen LogP contribution >= 0.6 is 0 Å². The molecular weight excluding hydrogens is 248 g/mol. The van der Waals surface area contributed by atoms with Crippen molar-refractivity contribution >= 4 is 5.97 Å². The summed E-state index contributed by atoms with van der Waals surface area (Å²) in [6, 6.07) is 19.7. The number of hydrogen-bond donors (Lipinski definition) is 1. The SMILES string of the molecule is C[C@H](c1ccccc1)C(C(=O)O)[C@H](C)c1ccccc1. The highest BCUT2D eigenvalue weighted by Crippen LogP contribution is 2.35. The Balaban J connectivity index is 2.30. The highest BCUT2D eigenvalue weighted by Gasteiger charge is 2.32. The summed E-state index contributed by atoms with van der Waals surface area (Å²) >= 11 is 0. The molecule has 0 fully saturated rings. The van der Waals surface area contributed by atoms with Gasteiger partial charge in [0.25, 0.3) is 0 Å². The number of carbonyl (C=O) groups is 1. The summed E-state index contributed by atoms with van der Waals surface area (Å²) in [6.07, 6.45) is 0.